The monoisotopic (exact) mass is 869 g/mol. The first-order chi connectivity index (χ1) is 28.0. The molecule has 0 saturated carbocycles. The SMILES string of the molecule is C.CC.CC.CC.CC.CC.CC.CC.CC.CC.CC.CC.CC.CC.CC.CC.CC.O.O.O.c1ccncc1.c1ccncc1.c1ccnnc1.c1cnccn1. The van der Waals surface area contributed by atoms with Crippen molar-refractivity contribution in [3.8, 4) is 0 Å². The van der Waals surface area contributed by atoms with Gasteiger partial charge in [-0.15, -0.1) is 0 Å². The topological polar surface area (TPSA) is 172 Å². The number of hydrogen-bond donors (Lipinski definition) is 0. The van der Waals surface area contributed by atoms with Crippen LogP contribution in [0.3, 0.4) is 0 Å². The first-order valence-electron chi connectivity index (χ1n) is 23.1. The molecule has 4 aromatic rings. The second-order valence-electron chi connectivity index (χ2n) is 3.86. The van der Waals surface area contributed by atoms with E-state index in [1.54, 1.807) is 62.0 Å². The standard InChI is InChI=1S/2C5H5N.2C4H4N2.16C2H6.CH4.3H2O/c2*1-2-4-6-5-3-1;1-2-6-4-3-5-1;1-2-4-6-5-3-1;16*1-2;;;;/h2*1-5H;2*1-4H;16*1-2H3;1H4;3*1H2. The maximum Gasteiger partial charge on any atom is 0.0496 e. The first kappa shape index (κ1) is 131. The van der Waals surface area contributed by atoms with E-state index in [0.717, 1.165) is 0 Å². The zero-order valence-corrected chi connectivity index (χ0v) is 46.6. The molecule has 0 radical (unpaired) electrons. The number of nitrogens with zero attached hydrogens (tertiary/aromatic N) is 6. The lowest BCUT2D eigenvalue weighted by atomic mass is 10.5. The van der Waals surface area contributed by atoms with Gasteiger partial charge in [0.25, 0.3) is 0 Å². The molecule has 0 amide bonds. The van der Waals surface area contributed by atoms with Gasteiger partial charge >= 0.3 is 0 Å². The third-order valence-electron chi connectivity index (χ3n) is 2.09. The Kier molecular flexibility index (Phi) is 860. The molecule has 0 aliphatic carbocycles. The summed E-state index contributed by atoms with van der Waals surface area (Å²) < 4.78 is 0. The van der Waals surface area contributed by atoms with Gasteiger partial charge in [0.2, 0.25) is 0 Å². The van der Waals surface area contributed by atoms with Gasteiger partial charge in [-0.25, -0.2) is 0 Å². The molecule has 4 heterocycles. The third-order valence-corrected chi connectivity index (χ3v) is 2.09. The molecule has 4 aromatic heterocycles. The maximum atomic E-state index is 3.78. The molecule has 0 aliphatic heterocycles. The minimum absolute atomic E-state index is 0. The second-order valence-corrected chi connectivity index (χ2v) is 3.86. The molecule has 60 heavy (non-hydrogen) atoms. The fourth-order valence-electron chi connectivity index (χ4n) is 1.13. The summed E-state index contributed by atoms with van der Waals surface area (Å²) in [7, 11) is 0. The van der Waals surface area contributed by atoms with Gasteiger partial charge in [0.15, 0.2) is 0 Å². The molecule has 6 N–H and O–H groups in total. The molecule has 0 fully saturated rings. The zero-order chi connectivity index (χ0) is 49.0. The van der Waals surface area contributed by atoms with E-state index in [-0.39, 0.29) is 23.9 Å². The summed E-state index contributed by atoms with van der Waals surface area (Å²) in [5.41, 5.74) is 0. The smallest absolute Gasteiger partial charge is 0.0496 e. The molecule has 9 heteroatoms. The molecule has 0 aliphatic rings. The van der Waals surface area contributed by atoms with Crippen LogP contribution in [0.15, 0.2) is 110 Å². The van der Waals surface area contributed by atoms with Gasteiger partial charge in [0.05, 0.1) is 0 Å². The normalized spacial score (nSPS) is 4.80. The number of aromatic nitrogens is 6. The van der Waals surface area contributed by atoms with Crippen LogP contribution in [-0.2, 0) is 0 Å². The van der Waals surface area contributed by atoms with Crippen LogP contribution in [-0.4, -0.2) is 46.6 Å². The Morgan fingerprint density at radius 1 is 0.167 bits per heavy atom. The van der Waals surface area contributed by atoms with E-state index >= 15 is 0 Å². The molecule has 9 nitrogen and oxygen atoms in total. The maximum absolute atomic E-state index is 3.78. The van der Waals surface area contributed by atoms with Crippen molar-refractivity contribution in [1.29, 1.82) is 0 Å². The van der Waals surface area contributed by atoms with Crippen LogP contribution in [0.25, 0.3) is 0 Å². The Balaban J connectivity index is -0.0000000160. The Hall–Kier alpha value is -3.66. The Morgan fingerprint density at radius 2 is 0.283 bits per heavy atom. The fraction of sp³-hybridized carbons (Fsp3) is 0.647. The highest BCUT2D eigenvalue weighted by molar-refractivity contribution is 4.88. The van der Waals surface area contributed by atoms with Crippen LogP contribution in [0.4, 0.5) is 0 Å². The van der Waals surface area contributed by atoms with Gasteiger partial charge < -0.3 is 16.4 Å². The summed E-state index contributed by atoms with van der Waals surface area (Å²) in [5.74, 6) is 0. The summed E-state index contributed by atoms with van der Waals surface area (Å²) in [5, 5.41) is 7.07. The van der Waals surface area contributed by atoms with Gasteiger partial charge in [0.1, 0.15) is 0 Å². The van der Waals surface area contributed by atoms with Crippen molar-refractivity contribution < 1.29 is 16.4 Å². The van der Waals surface area contributed by atoms with E-state index in [4.69, 9.17) is 0 Å². The molecule has 0 bridgehead atoms. The van der Waals surface area contributed by atoms with Crippen molar-refractivity contribution in [3.05, 3.63) is 110 Å². The first-order valence-corrected chi connectivity index (χ1v) is 23.1. The van der Waals surface area contributed by atoms with Crippen LogP contribution in [0.1, 0.15) is 229 Å². The van der Waals surface area contributed by atoms with E-state index < -0.39 is 0 Å². The van der Waals surface area contributed by atoms with E-state index in [2.05, 4.69) is 30.1 Å². The molecular formula is C51H124N6O3. The van der Waals surface area contributed by atoms with Crippen molar-refractivity contribution in [3.63, 3.8) is 0 Å². The molecule has 0 atom stereocenters. The quantitative estimate of drug-likeness (QED) is 0.170. The Labute approximate surface area is 384 Å². The highest BCUT2D eigenvalue weighted by atomic mass is 16.0. The van der Waals surface area contributed by atoms with Gasteiger partial charge in [-0.05, 0) is 36.4 Å². The van der Waals surface area contributed by atoms with Crippen LogP contribution < -0.4 is 0 Å². The largest absolute Gasteiger partial charge is 0.412 e. The molecule has 0 aromatic carbocycles. The lowest BCUT2D eigenvalue weighted by Gasteiger charge is -1.70. The van der Waals surface area contributed by atoms with Gasteiger partial charge in [-0.1, -0.05) is 241 Å². The molecular weight excluding hydrogens is 745 g/mol. The predicted molar refractivity (Wildman–Crippen MR) is 292 cm³/mol. The van der Waals surface area contributed by atoms with Crippen molar-refractivity contribution in [2.45, 2.75) is 229 Å². The van der Waals surface area contributed by atoms with Crippen LogP contribution in [0, 0.1) is 0 Å². The van der Waals surface area contributed by atoms with E-state index in [0.29, 0.717) is 0 Å². The van der Waals surface area contributed by atoms with Crippen molar-refractivity contribution in [2.24, 2.45) is 0 Å². The average molecular weight is 870 g/mol. The van der Waals surface area contributed by atoms with Crippen LogP contribution in [0.2, 0.25) is 0 Å². The lowest BCUT2D eigenvalue weighted by Crippen LogP contribution is -1.69. The average Bonchev–Trinajstić information content (AvgIpc) is 3.41. The summed E-state index contributed by atoms with van der Waals surface area (Å²) in [6.45, 7) is 64.0. The van der Waals surface area contributed by atoms with Crippen molar-refractivity contribution in [1.82, 2.24) is 30.1 Å². The fourth-order valence-corrected chi connectivity index (χ4v) is 1.13. The van der Waals surface area contributed by atoms with Crippen LogP contribution >= 0.6 is 0 Å². The van der Waals surface area contributed by atoms with Crippen LogP contribution in [0.5, 0.6) is 0 Å². The third kappa shape index (κ3) is 374. The lowest BCUT2D eigenvalue weighted by molar-refractivity contribution is 0.823. The highest BCUT2D eigenvalue weighted by Gasteiger charge is 1.60. The summed E-state index contributed by atoms with van der Waals surface area (Å²) >= 11 is 0. The summed E-state index contributed by atoms with van der Waals surface area (Å²) in [6, 6.07) is 15.1. The minimum atomic E-state index is 0. The molecule has 0 unspecified atom stereocenters. The van der Waals surface area contributed by atoms with E-state index in [1.165, 1.54) is 0 Å². The minimum Gasteiger partial charge on any atom is -0.412 e. The number of hydrogen-bond acceptors (Lipinski definition) is 6. The number of rotatable bonds is 0. The molecule has 0 saturated heterocycles. The van der Waals surface area contributed by atoms with E-state index in [9.17, 15) is 0 Å². The van der Waals surface area contributed by atoms with Gasteiger partial charge in [-0.3, -0.25) is 19.9 Å². The highest BCUT2D eigenvalue weighted by Crippen LogP contribution is 1.74. The number of pyridine rings is 2. The predicted octanol–water partition coefficient (Wildman–Crippen LogP) is 17.7. The molecule has 0 spiro atoms. The van der Waals surface area contributed by atoms with Gasteiger partial charge in [-0.2, -0.15) is 10.2 Å². The molecule has 4 rings (SSSR count). The summed E-state index contributed by atoms with van der Waals surface area (Å²) in [4.78, 5) is 15.0. The van der Waals surface area contributed by atoms with Crippen molar-refractivity contribution in [2.75, 3.05) is 0 Å². The Bertz CT molecular complexity index is 459. The molecule has 376 valence electrons. The van der Waals surface area contributed by atoms with Gasteiger partial charge in [0, 0.05) is 62.0 Å². The van der Waals surface area contributed by atoms with Crippen molar-refractivity contribution >= 4 is 0 Å². The zero-order valence-electron chi connectivity index (χ0n) is 46.6. The second kappa shape index (κ2) is 395. The Morgan fingerprint density at radius 3 is 0.333 bits per heavy atom. The summed E-state index contributed by atoms with van der Waals surface area (Å²) in [6.07, 6.45) is 16.8. The van der Waals surface area contributed by atoms with E-state index in [1.807, 2.05) is 270 Å².